The van der Waals surface area contributed by atoms with Crippen LogP contribution in [0.5, 0.6) is 5.75 Å². The van der Waals surface area contributed by atoms with Gasteiger partial charge < -0.3 is 14.8 Å². The molecule has 0 spiro atoms. The van der Waals surface area contributed by atoms with E-state index in [4.69, 9.17) is 9.47 Å². The summed E-state index contributed by atoms with van der Waals surface area (Å²) in [6, 6.07) is 16.3. The van der Waals surface area contributed by atoms with Gasteiger partial charge in [-0.1, -0.05) is 24.3 Å². The molecular weight excluding hydrogens is 364 g/mol. The van der Waals surface area contributed by atoms with Gasteiger partial charge in [-0.3, -0.25) is 9.69 Å². The van der Waals surface area contributed by atoms with Crippen molar-refractivity contribution in [1.82, 2.24) is 10.2 Å². The van der Waals surface area contributed by atoms with Crippen molar-refractivity contribution in [2.75, 3.05) is 26.3 Å². The van der Waals surface area contributed by atoms with Crippen LogP contribution in [0.15, 0.2) is 48.5 Å². The molecule has 2 aliphatic rings. The van der Waals surface area contributed by atoms with Gasteiger partial charge in [-0.2, -0.15) is 0 Å². The summed E-state index contributed by atoms with van der Waals surface area (Å²) in [6.45, 7) is 6.20. The van der Waals surface area contributed by atoms with E-state index in [1.165, 1.54) is 11.1 Å². The Bertz CT molecular complexity index is 815. The van der Waals surface area contributed by atoms with E-state index in [0.29, 0.717) is 24.8 Å². The summed E-state index contributed by atoms with van der Waals surface area (Å²) in [5, 5.41) is 3.07. The maximum absolute atomic E-state index is 12.5. The third-order valence-electron chi connectivity index (χ3n) is 5.92. The van der Waals surface area contributed by atoms with E-state index in [2.05, 4.69) is 41.4 Å². The molecule has 2 aliphatic heterocycles. The number of fused-ring (bicyclic) bond motifs is 1. The summed E-state index contributed by atoms with van der Waals surface area (Å²) < 4.78 is 11.3. The Kier molecular flexibility index (Phi) is 6.47. The Labute approximate surface area is 173 Å². The zero-order chi connectivity index (χ0) is 20.1. The number of carbonyl (C=O) groups excluding carboxylic acids is 1. The summed E-state index contributed by atoms with van der Waals surface area (Å²) in [5.74, 6) is 0.734. The van der Waals surface area contributed by atoms with E-state index in [1.807, 2.05) is 24.3 Å². The standard InChI is InChI=1S/C24H30N2O3/c1-18(26-13-12-19-5-2-3-6-21(19)16-26)15-25-24(27)20-8-10-22(11-9-20)29-17-23-7-4-14-28-23/h2-3,5-6,8-11,18,23H,4,7,12-17H2,1H3,(H,25,27). The van der Waals surface area contributed by atoms with E-state index in [9.17, 15) is 4.79 Å². The molecule has 0 aliphatic carbocycles. The molecule has 0 bridgehead atoms. The van der Waals surface area contributed by atoms with Gasteiger partial charge in [-0.05, 0) is 61.6 Å². The maximum Gasteiger partial charge on any atom is 0.251 e. The summed E-state index contributed by atoms with van der Waals surface area (Å²) >= 11 is 0. The van der Waals surface area contributed by atoms with Crippen LogP contribution in [0, 0.1) is 0 Å². The Morgan fingerprint density at radius 1 is 1.21 bits per heavy atom. The normalized spacial score (nSPS) is 20.1. The van der Waals surface area contributed by atoms with Crippen LogP contribution in [0.3, 0.4) is 0 Å². The molecule has 0 saturated carbocycles. The fourth-order valence-corrected chi connectivity index (χ4v) is 4.03. The van der Waals surface area contributed by atoms with E-state index in [1.54, 1.807) is 0 Å². The molecule has 154 valence electrons. The van der Waals surface area contributed by atoms with Crippen LogP contribution in [-0.2, 0) is 17.7 Å². The highest BCUT2D eigenvalue weighted by atomic mass is 16.5. The molecule has 5 heteroatoms. The predicted molar refractivity (Wildman–Crippen MR) is 113 cm³/mol. The lowest BCUT2D eigenvalue weighted by Gasteiger charge is -2.33. The Morgan fingerprint density at radius 2 is 2.00 bits per heavy atom. The quantitative estimate of drug-likeness (QED) is 0.782. The van der Waals surface area contributed by atoms with Crippen molar-refractivity contribution < 1.29 is 14.3 Å². The van der Waals surface area contributed by atoms with E-state index in [-0.39, 0.29) is 12.0 Å². The molecule has 29 heavy (non-hydrogen) atoms. The third-order valence-corrected chi connectivity index (χ3v) is 5.92. The molecule has 4 rings (SSSR count). The molecule has 2 atom stereocenters. The molecular formula is C24H30N2O3. The highest BCUT2D eigenvalue weighted by molar-refractivity contribution is 5.94. The largest absolute Gasteiger partial charge is 0.491 e. The maximum atomic E-state index is 12.5. The van der Waals surface area contributed by atoms with Gasteiger partial charge in [-0.15, -0.1) is 0 Å². The summed E-state index contributed by atoms with van der Waals surface area (Å²) in [4.78, 5) is 15.0. The van der Waals surface area contributed by atoms with Crippen molar-refractivity contribution in [3.05, 3.63) is 65.2 Å². The van der Waals surface area contributed by atoms with E-state index < -0.39 is 0 Å². The van der Waals surface area contributed by atoms with Gasteiger partial charge in [-0.25, -0.2) is 0 Å². The average Bonchev–Trinajstić information content (AvgIpc) is 3.29. The smallest absolute Gasteiger partial charge is 0.251 e. The molecule has 0 aromatic heterocycles. The molecule has 1 N–H and O–H groups in total. The molecule has 2 heterocycles. The molecule has 1 amide bonds. The van der Waals surface area contributed by atoms with Crippen LogP contribution >= 0.6 is 0 Å². The minimum absolute atomic E-state index is 0.0417. The second-order valence-corrected chi connectivity index (χ2v) is 8.02. The first-order valence-corrected chi connectivity index (χ1v) is 10.6. The lowest BCUT2D eigenvalue weighted by molar-refractivity contribution is 0.0679. The van der Waals surface area contributed by atoms with Gasteiger partial charge in [0.05, 0.1) is 6.10 Å². The number of benzene rings is 2. The van der Waals surface area contributed by atoms with Gasteiger partial charge in [0, 0.05) is 37.8 Å². The number of ether oxygens (including phenoxy) is 2. The van der Waals surface area contributed by atoms with Gasteiger partial charge in [0.1, 0.15) is 12.4 Å². The molecule has 2 unspecified atom stereocenters. The fraction of sp³-hybridized carbons (Fsp3) is 0.458. The first kappa shape index (κ1) is 19.9. The van der Waals surface area contributed by atoms with Gasteiger partial charge in [0.2, 0.25) is 0 Å². The zero-order valence-corrected chi connectivity index (χ0v) is 17.1. The fourth-order valence-electron chi connectivity index (χ4n) is 4.03. The first-order valence-electron chi connectivity index (χ1n) is 10.6. The van der Waals surface area contributed by atoms with Crippen LogP contribution in [0.1, 0.15) is 41.3 Å². The Balaban J connectivity index is 1.24. The number of carbonyl (C=O) groups is 1. The number of nitrogens with zero attached hydrogens (tertiary/aromatic N) is 1. The van der Waals surface area contributed by atoms with Crippen LogP contribution < -0.4 is 10.1 Å². The second kappa shape index (κ2) is 9.42. The summed E-state index contributed by atoms with van der Waals surface area (Å²) in [6.07, 6.45) is 3.43. The van der Waals surface area contributed by atoms with E-state index in [0.717, 1.165) is 44.7 Å². The van der Waals surface area contributed by atoms with Crippen LogP contribution in [0.4, 0.5) is 0 Å². The monoisotopic (exact) mass is 394 g/mol. The number of rotatable bonds is 7. The van der Waals surface area contributed by atoms with Crippen molar-refractivity contribution in [1.29, 1.82) is 0 Å². The molecule has 5 nitrogen and oxygen atoms in total. The average molecular weight is 395 g/mol. The van der Waals surface area contributed by atoms with Crippen LogP contribution in [0.25, 0.3) is 0 Å². The number of amides is 1. The van der Waals surface area contributed by atoms with Crippen molar-refractivity contribution >= 4 is 5.91 Å². The molecule has 2 aromatic rings. The number of nitrogens with one attached hydrogen (secondary N) is 1. The Hall–Kier alpha value is -2.37. The lowest BCUT2D eigenvalue weighted by Crippen LogP contribution is -2.44. The minimum Gasteiger partial charge on any atom is -0.491 e. The van der Waals surface area contributed by atoms with Crippen molar-refractivity contribution in [3.63, 3.8) is 0 Å². The highest BCUT2D eigenvalue weighted by Crippen LogP contribution is 2.20. The highest BCUT2D eigenvalue weighted by Gasteiger charge is 2.21. The number of hydrogen-bond acceptors (Lipinski definition) is 4. The van der Waals surface area contributed by atoms with E-state index >= 15 is 0 Å². The molecule has 2 aromatic carbocycles. The van der Waals surface area contributed by atoms with Crippen molar-refractivity contribution in [3.8, 4) is 5.75 Å². The molecule has 1 fully saturated rings. The SMILES string of the molecule is CC(CNC(=O)c1ccc(OCC2CCCO2)cc1)N1CCc2ccccc2C1. The van der Waals surface area contributed by atoms with Crippen molar-refractivity contribution in [2.45, 2.75) is 44.9 Å². The van der Waals surface area contributed by atoms with Gasteiger partial charge >= 0.3 is 0 Å². The summed E-state index contributed by atoms with van der Waals surface area (Å²) in [5.41, 5.74) is 3.50. The number of hydrogen-bond donors (Lipinski definition) is 1. The zero-order valence-electron chi connectivity index (χ0n) is 17.1. The van der Waals surface area contributed by atoms with Crippen LogP contribution in [0.2, 0.25) is 0 Å². The Morgan fingerprint density at radius 3 is 2.76 bits per heavy atom. The van der Waals surface area contributed by atoms with Gasteiger partial charge in [0.15, 0.2) is 0 Å². The van der Waals surface area contributed by atoms with Crippen molar-refractivity contribution in [2.24, 2.45) is 0 Å². The minimum atomic E-state index is -0.0417. The lowest BCUT2D eigenvalue weighted by atomic mass is 9.99. The molecule has 0 radical (unpaired) electrons. The molecule has 1 saturated heterocycles. The van der Waals surface area contributed by atoms with Gasteiger partial charge in [0.25, 0.3) is 5.91 Å². The second-order valence-electron chi connectivity index (χ2n) is 8.02. The third kappa shape index (κ3) is 5.17. The van der Waals surface area contributed by atoms with Crippen LogP contribution in [-0.4, -0.2) is 49.3 Å². The predicted octanol–water partition coefficient (Wildman–Crippen LogP) is 3.42. The topological polar surface area (TPSA) is 50.8 Å². The summed E-state index contributed by atoms with van der Waals surface area (Å²) in [7, 11) is 0. The first-order chi connectivity index (χ1) is 14.2.